The maximum Gasteiger partial charge on any atom is 0.122 e. The molecule has 2 heterocycles. The van der Waals surface area contributed by atoms with Crippen LogP contribution in [0.5, 0.6) is 5.75 Å². The summed E-state index contributed by atoms with van der Waals surface area (Å²) in [5.74, 6) is 1.08. The lowest BCUT2D eigenvalue weighted by atomic mass is 9.99. The van der Waals surface area contributed by atoms with E-state index in [2.05, 4.69) is 48.9 Å². The molecule has 0 radical (unpaired) electrons. The fourth-order valence-corrected chi connectivity index (χ4v) is 4.20. The largest absolute Gasteiger partial charge is 0.493 e. The Morgan fingerprint density at radius 2 is 2.24 bits per heavy atom. The predicted octanol–water partition coefficient (Wildman–Crippen LogP) is 4.14. The van der Waals surface area contributed by atoms with Gasteiger partial charge in [-0.3, -0.25) is 0 Å². The number of rotatable bonds is 6. The Labute approximate surface area is 131 Å². The van der Waals surface area contributed by atoms with Crippen molar-refractivity contribution in [1.82, 2.24) is 5.32 Å². The Kier molecular flexibility index (Phi) is 4.61. The van der Waals surface area contributed by atoms with Crippen LogP contribution in [-0.2, 0) is 19.3 Å². The van der Waals surface area contributed by atoms with Crippen molar-refractivity contribution in [2.75, 3.05) is 13.7 Å². The van der Waals surface area contributed by atoms with Gasteiger partial charge in [0, 0.05) is 17.3 Å². The number of hydrogen-bond donors (Lipinski definition) is 1. The van der Waals surface area contributed by atoms with Gasteiger partial charge in [-0.25, -0.2) is 0 Å². The molecule has 21 heavy (non-hydrogen) atoms. The summed E-state index contributed by atoms with van der Waals surface area (Å²) in [7, 11) is 2.07. The summed E-state index contributed by atoms with van der Waals surface area (Å²) in [6.07, 6.45) is 4.43. The summed E-state index contributed by atoms with van der Waals surface area (Å²) in [5.41, 5.74) is 4.29. The van der Waals surface area contributed by atoms with Gasteiger partial charge in [0.25, 0.3) is 0 Å². The molecule has 1 aromatic heterocycles. The van der Waals surface area contributed by atoms with E-state index in [1.165, 1.54) is 21.6 Å². The predicted molar refractivity (Wildman–Crippen MR) is 89.5 cm³/mol. The zero-order valence-corrected chi connectivity index (χ0v) is 13.6. The molecule has 3 rings (SSSR count). The molecule has 0 fully saturated rings. The normalized spacial score (nSPS) is 14.8. The van der Waals surface area contributed by atoms with E-state index in [9.17, 15) is 0 Å². The van der Waals surface area contributed by atoms with Gasteiger partial charge in [-0.15, -0.1) is 11.3 Å². The highest BCUT2D eigenvalue weighted by Gasteiger charge is 2.16. The van der Waals surface area contributed by atoms with Gasteiger partial charge in [0.15, 0.2) is 0 Å². The first-order chi connectivity index (χ1) is 10.3. The minimum absolute atomic E-state index is 0.462. The Bertz CT molecular complexity index is 605. The highest BCUT2D eigenvalue weighted by Crippen LogP contribution is 2.30. The summed E-state index contributed by atoms with van der Waals surface area (Å²) in [6.45, 7) is 3.08. The van der Waals surface area contributed by atoms with E-state index in [-0.39, 0.29) is 0 Å². The topological polar surface area (TPSA) is 21.3 Å². The summed E-state index contributed by atoms with van der Waals surface area (Å²) in [6, 6.07) is 9.39. The first-order valence-corrected chi connectivity index (χ1v) is 8.68. The average molecular weight is 301 g/mol. The van der Waals surface area contributed by atoms with Crippen molar-refractivity contribution in [3.05, 3.63) is 51.2 Å². The molecule has 2 nitrogen and oxygen atoms in total. The average Bonchev–Trinajstić information content (AvgIpc) is 3.16. The minimum Gasteiger partial charge on any atom is -0.493 e. The molecule has 1 aliphatic rings. The zero-order valence-electron chi connectivity index (χ0n) is 12.8. The van der Waals surface area contributed by atoms with E-state index in [4.69, 9.17) is 4.74 Å². The van der Waals surface area contributed by atoms with Crippen molar-refractivity contribution in [1.29, 1.82) is 0 Å². The molecule has 1 N–H and O–H groups in total. The fourth-order valence-electron chi connectivity index (χ4n) is 3.06. The summed E-state index contributed by atoms with van der Waals surface area (Å²) >= 11 is 1.88. The molecule has 112 valence electrons. The van der Waals surface area contributed by atoms with Crippen LogP contribution in [0.2, 0.25) is 0 Å². The van der Waals surface area contributed by atoms with Crippen molar-refractivity contribution in [3.63, 3.8) is 0 Å². The Morgan fingerprint density at radius 1 is 1.33 bits per heavy atom. The first-order valence-electron chi connectivity index (χ1n) is 7.80. The van der Waals surface area contributed by atoms with E-state index >= 15 is 0 Å². The quantitative estimate of drug-likeness (QED) is 0.866. The molecule has 0 saturated heterocycles. The van der Waals surface area contributed by atoms with Gasteiger partial charge >= 0.3 is 0 Å². The summed E-state index contributed by atoms with van der Waals surface area (Å²) in [5, 5.41) is 5.70. The summed E-state index contributed by atoms with van der Waals surface area (Å²) < 4.78 is 5.58. The number of fused-ring (bicyclic) bond motifs is 1. The summed E-state index contributed by atoms with van der Waals surface area (Å²) in [4.78, 5) is 1.50. The monoisotopic (exact) mass is 301 g/mol. The second kappa shape index (κ2) is 6.63. The van der Waals surface area contributed by atoms with Crippen molar-refractivity contribution in [3.8, 4) is 5.75 Å². The van der Waals surface area contributed by atoms with Crippen LogP contribution in [0.3, 0.4) is 0 Å². The van der Waals surface area contributed by atoms with Gasteiger partial charge in [0.2, 0.25) is 0 Å². The smallest absolute Gasteiger partial charge is 0.122 e. The molecule has 1 aromatic carbocycles. The standard InChI is InChI=1S/C18H23NOS/c1-3-14-9-11-21-18(14)16(19-2)6-4-13-5-7-17-15(12-13)8-10-20-17/h5,7,9,11-12,16,19H,3-4,6,8,10H2,1-2H3. The van der Waals surface area contributed by atoms with Gasteiger partial charge in [-0.05, 0) is 60.5 Å². The van der Waals surface area contributed by atoms with E-state index < -0.39 is 0 Å². The van der Waals surface area contributed by atoms with Crippen molar-refractivity contribution in [2.45, 2.75) is 38.6 Å². The van der Waals surface area contributed by atoms with Crippen LogP contribution in [0.4, 0.5) is 0 Å². The molecular weight excluding hydrogens is 278 g/mol. The van der Waals surface area contributed by atoms with Crippen LogP contribution in [0.25, 0.3) is 0 Å². The molecule has 0 aliphatic carbocycles. The van der Waals surface area contributed by atoms with E-state index in [1.54, 1.807) is 0 Å². The van der Waals surface area contributed by atoms with Crippen LogP contribution in [0.1, 0.15) is 41.0 Å². The van der Waals surface area contributed by atoms with Crippen LogP contribution in [0, 0.1) is 0 Å². The third-order valence-corrected chi connectivity index (χ3v) is 5.37. The van der Waals surface area contributed by atoms with Crippen molar-refractivity contribution >= 4 is 11.3 Å². The second-order valence-electron chi connectivity index (χ2n) is 5.58. The number of thiophene rings is 1. The molecule has 2 aromatic rings. The third-order valence-electron chi connectivity index (χ3n) is 4.30. The van der Waals surface area contributed by atoms with Gasteiger partial charge < -0.3 is 10.1 Å². The Hall–Kier alpha value is -1.32. The zero-order chi connectivity index (χ0) is 14.7. The van der Waals surface area contributed by atoms with E-state index in [1.807, 2.05) is 11.3 Å². The molecule has 1 atom stereocenters. The van der Waals surface area contributed by atoms with Gasteiger partial charge in [0.1, 0.15) is 5.75 Å². The van der Waals surface area contributed by atoms with Crippen LogP contribution in [-0.4, -0.2) is 13.7 Å². The highest BCUT2D eigenvalue weighted by atomic mass is 32.1. The Morgan fingerprint density at radius 3 is 3.05 bits per heavy atom. The minimum atomic E-state index is 0.462. The molecule has 0 amide bonds. The van der Waals surface area contributed by atoms with Gasteiger partial charge in [-0.2, -0.15) is 0 Å². The molecule has 0 saturated carbocycles. The van der Waals surface area contributed by atoms with Gasteiger partial charge in [0.05, 0.1) is 6.61 Å². The Balaban J connectivity index is 1.68. The third kappa shape index (κ3) is 3.14. The molecule has 1 aliphatic heterocycles. The van der Waals surface area contributed by atoms with Crippen LogP contribution in [0.15, 0.2) is 29.6 Å². The lowest BCUT2D eigenvalue weighted by molar-refractivity contribution is 0.357. The van der Waals surface area contributed by atoms with Crippen molar-refractivity contribution in [2.24, 2.45) is 0 Å². The highest BCUT2D eigenvalue weighted by molar-refractivity contribution is 7.10. The fraction of sp³-hybridized carbons (Fsp3) is 0.444. The molecule has 0 bridgehead atoms. The number of benzene rings is 1. The SMILES string of the molecule is CCc1ccsc1C(CCc1ccc2c(c1)CCO2)NC. The second-order valence-corrected chi connectivity index (χ2v) is 6.53. The van der Waals surface area contributed by atoms with Crippen LogP contribution < -0.4 is 10.1 Å². The molecular formula is C18H23NOS. The lowest BCUT2D eigenvalue weighted by Gasteiger charge is -2.17. The van der Waals surface area contributed by atoms with Crippen molar-refractivity contribution < 1.29 is 4.74 Å². The first kappa shape index (κ1) is 14.6. The number of hydrogen-bond acceptors (Lipinski definition) is 3. The molecule has 0 spiro atoms. The maximum absolute atomic E-state index is 5.58. The number of aryl methyl sites for hydroxylation is 2. The van der Waals surface area contributed by atoms with Gasteiger partial charge in [-0.1, -0.05) is 19.1 Å². The lowest BCUT2D eigenvalue weighted by Crippen LogP contribution is -2.17. The number of ether oxygens (including phenoxy) is 1. The molecule has 3 heteroatoms. The van der Waals surface area contributed by atoms with E-state index in [0.29, 0.717) is 6.04 Å². The maximum atomic E-state index is 5.58. The number of nitrogens with one attached hydrogen (secondary N) is 1. The van der Waals surface area contributed by atoms with Crippen LogP contribution >= 0.6 is 11.3 Å². The molecule has 1 unspecified atom stereocenters. The van der Waals surface area contributed by atoms with E-state index in [0.717, 1.165) is 38.0 Å².